The molecule has 0 radical (unpaired) electrons. The minimum atomic E-state index is -3.73. The lowest BCUT2D eigenvalue weighted by molar-refractivity contribution is -0.383. The van der Waals surface area contributed by atoms with E-state index in [-0.39, 0.29) is 20.9 Å². The zero-order valence-electron chi connectivity index (χ0n) is 11.8. The topological polar surface area (TPSA) is 105 Å². The van der Waals surface area contributed by atoms with E-state index >= 15 is 0 Å². The van der Waals surface area contributed by atoms with Crippen LogP contribution in [-0.4, -0.2) is 51.5 Å². The third kappa shape index (κ3) is 3.70. The van der Waals surface area contributed by atoms with Gasteiger partial charge < -0.3 is 10.2 Å². The number of anilines is 1. The maximum absolute atomic E-state index is 12.3. The fourth-order valence-corrected chi connectivity index (χ4v) is 4.91. The number of piperidine rings is 1. The van der Waals surface area contributed by atoms with Gasteiger partial charge in [-0.2, -0.15) is 0 Å². The second-order valence-corrected chi connectivity index (χ2v) is 8.00. The molecule has 1 fully saturated rings. The number of sulfonamides is 1. The number of hydrogen-bond acceptors (Lipinski definition) is 7. The first-order chi connectivity index (χ1) is 9.83. The van der Waals surface area contributed by atoms with E-state index in [1.807, 2.05) is 7.05 Å². The number of likely N-dealkylation sites (tertiary alicyclic amines) is 1. The van der Waals surface area contributed by atoms with Gasteiger partial charge >= 0.3 is 5.69 Å². The zero-order chi connectivity index (χ0) is 15.6. The van der Waals surface area contributed by atoms with Crippen LogP contribution in [0.3, 0.4) is 0 Å². The second-order valence-electron chi connectivity index (χ2n) is 5.01. The summed E-state index contributed by atoms with van der Waals surface area (Å²) in [6.07, 6.45) is 1.70. The molecule has 1 aromatic rings. The predicted molar refractivity (Wildman–Crippen MR) is 81.4 cm³/mol. The van der Waals surface area contributed by atoms with Crippen LogP contribution < -0.4 is 10.0 Å². The quantitative estimate of drug-likeness (QED) is 0.616. The number of rotatable bonds is 5. The van der Waals surface area contributed by atoms with E-state index in [9.17, 15) is 18.5 Å². The lowest BCUT2D eigenvalue weighted by atomic mass is 10.1. The van der Waals surface area contributed by atoms with Crippen molar-refractivity contribution in [3.05, 3.63) is 16.2 Å². The Bertz CT molecular complexity index is 628. The first kappa shape index (κ1) is 16.1. The fourth-order valence-electron chi connectivity index (χ4n) is 2.35. The third-order valence-corrected chi connectivity index (χ3v) is 6.46. The van der Waals surface area contributed by atoms with Crippen molar-refractivity contribution in [1.82, 2.24) is 9.62 Å². The van der Waals surface area contributed by atoms with Crippen LogP contribution in [0.1, 0.15) is 12.8 Å². The summed E-state index contributed by atoms with van der Waals surface area (Å²) in [5.41, 5.74) is -0.219. The number of hydrogen-bond donors (Lipinski definition) is 2. The van der Waals surface area contributed by atoms with Crippen molar-refractivity contribution in [2.45, 2.75) is 23.1 Å². The Labute approximate surface area is 127 Å². The molecule has 21 heavy (non-hydrogen) atoms. The van der Waals surface area contributed by atoms with Gasteiger partial charge in [0, 0.05) is 25.7 Å². The van der Waals surface area contributed by atoms with Crippen LogP contribution in [-0.2, 0) is 10.0 Å². The van der Waals surface area contributed by atoms with E-state index in [1.165, 1.54) is 7.05 Å². The van der Waals surface area contributed by atoms with Crippen molar-refractivity contribution in [2.75, 3.05) is 32.5 Å². The Kier molecular flexibility index (Phi) is 4.81. The molecule has 118 valence electrons. The highest BCUT2D eigenvalue weighted by Gasteiger charge is 2.29. The molecule has 2 N–H and O–H groups in total. The fraction of sp³-hybridized carbons (Fsp3) is 0.636. The van der Waals surface area contributed by atoms with Gasteiger partial charge in [-0.25, -0.2) is 13.1 Å². The summed E-state index contributed by atoms with van der Waals surface area (Å²) in [6, 6.07) is 0.943. The first-order valence-corrected chi connectivity index (χ1v) is 8.80. The van der Waals surface area contributed by atoms with Gasteiger partial charge in [0.15, 0.2) is 5.00 Å². The summed E-state index contributed by atoms with van der Waals surface area (Å²) < 4.78 is 27.3. The molecular weight excluding hydrogens is 316 g/mol. The normalized spacial score (nSPS) is 20.4. The summed E-state index contributed by atoms with van der Waals surface area (Å²) in [6.45, 7) is 1.60. The van der Waals surface area contributed by atoms with Crippen molar-refractivity contribution >= 4 is 32.0 Å². The van der Waals surface area contributed by atoms with E-state index in [0.29, 0.717) is 6.54 Å². The molecule has 1 aliphatic rings. The Morgan fingerprint density at radius 2 is 2.24 bits per heavy atom. The summed E-state index contributed by atoms with van der Waals surface area (Å²) >= 11 is 0.867. The lowest BCUT2D eigenvalue weighted by Crippen LogP contribution is -2.46. The monoisotopic (exact) mass is 334 g/mol. The molecule has 10 heteroatoms. The Morgan fingerprint density at radius 3 is 2.76 bits per heavy atom. The number of nitrogens with one attached hydrogen (secondary N) is 2. The average Bonchev–Trinajstić information content (AvgIpc) is 2.83. The van der Waals surface area contributed by atoms with E-state index in [2.05, 4.69) is 14.9 Å². The highest BCUT2D eigenvalue weighted by molar-refractivity contribution is 7.91. The average molecular weight is 334 g/mol. The molecule has 8 nitrogen and oxygen atoms in total. The molecule has 1 unspecified atom stereocenters. The molecule has 1 aromatic heterocycles. The van der Waals surface area contributed by atoms with E-state index < -0.39 is 14.9 Å². The molecule has 0 aliphatic carbocycles. The van der Waals surface area contributed by atoms with Crippen LogP contribution >= 0.6 is 11.3 Å². The third-order valence-electron chi connectivity index (χ3n) is 3.32. The summed E-state index contributed by atoms with van der Waals surface area (Å²) in [7, 11) is -0.265. The Balaban J connectivity index is 2.21. The Morgan fingerprint density at radius 1 is 1.52 bits per heavy atom. The molecular formula is C11H18N4O4S2. The number of thiophene rings is 1. The van der Waals surface area contributed by atoms with Gasteiger partial charge in [0.1, 0.15) is 4.21 Å². The standard InChI is InChI=1S/C11H18N4O4S2/c1-12-11-9(15(16)17)6-10(20-11)21(18,19)13-8-4-3-5-14(2)7-8/h6,8,12-13H,3-5,7H2,1-2H3. The molecule has 0 bridgehead atoms. The van der Waals surface area contributed by atoms with Gasteiger partial charge in [-0.15, -0.1) is 0 Å². The molecule has 0 saturated carbocycles. The summed E-state index contributed by atoms with van der Waals surface area (Å²) in [4.78, 5) is 12.4. The molecule has 1 aliphatic heterocycles. The highest BCUT2D eigenvalue weighted by Crippen LogP contribution is 2.36. The van der Waals surface area contributed by atoms with Crippen molar-refractivity contribution in [3.8, 4) is 0 Å². The van der Waals surface area contributed by atoms with Gasteiger partial charge in [-0.1, -0.05) is 11.3 Å². The molecule has 1 saturated heterocycles. The van der Waals surface area contributed by atoms with Crippen molar-refractivity contribution in [1.29, 1.82) is 0 Å². The van der Waals surface area contributed by atoms with Crippen LogP contribution in [0.2, 0.25) is 0 Å². The van der Waals surface area contributed by atoms with Crippen molar-refractivity contribution < 1.29 is 13.3 Å². The molecule has 2 heterocycles. The maximum atomic E-state index is 12.3. The first-order valence-electron chi connectivity index (χ1n) is 6.50. The second kappa shape index (κ2) is 6.26. The maximum Gasteiger partial charge on any atom is 0.304 e. The predicted octanol–water partition coefficient (Wildman–Crippen LogP) is 1.07. The van der Waals surface area contributed by atoms with Crippen LogP contribution in [0.25, 0.3) is 0 Å². The van der Waals surface area contributed by atoms with Crippen molar-refractivity contribution in [2.24, 2.45) is 0 Å². The van der Waals surface area contributed by atoms with Crippen LogP contribution in [0, 0.1) is 10.1 Å². The van der Waals surface area contributed by atoms with Gasteiger partial charge in [0.25, 0.3) is 10.0 Å². The van der Waals surface area contributed by atoms with Crippen LogP contribution in [0.5, 0.6) is 0 Å². The van der Waals surface area contributed by atoms with Gasteiger partial charge in [0.2, 0.25) is 0 Å². The SMILES string of the molecule is CNc1sc(S(=O)(=O)NC2CCCN(C)C2)cc1[N+](=O)[O-]. The summed E-state index contributed by atoms with van der Waals surface area (Å²) in [5, 5.41) is 13.8. The number of nitrogens with zero attached hydrogens (tertiary/aromatic N) is 2. The lowest BCUT2D eigenvalue weighted by Gasteiger charge is -2.29. The van der Waals surface area contributed by atoms with Gasteiger partial charge in [0.05, 0.1) is 4.92 Å². The van der Waals surface area contributed by atoms with E-state index in [1.54, 1.807) is 0 Å². The molecule has 1 atom stereocenters. The van der Waals surface area contributed by atoms with Gasteiger partial charge in [-0.3, -0.25) is 10.1 Å². The number of nitro groups is 1. The van der Waals surface area contributed by atoms with E-state index in [0.717, 1.165) is 36.8 Å². The highest BCUT2D eigenvalue weighted by atomic mass is 32.2. The van der Waals surface area contributed by atoms with Crippen molar-refractivity contribution in [3.63, 3.8) is 0 Å². The number of likely N-dealkylation sites (N-methyl/N-ethyl adjacent to an activating group) is 1. The minimum absolute atomic E-state index is 0.0354. The summed E-state index contributed by atoms with van der Waals surface area (Å²) in [5.74, 6) is 0. The van der Waals surface area contributed by atoms with Gasteiger partial charge in [-0.05, 0) is 26.4 Å². The minimum Gasteiger partial charge on any atom is -0.374 e. The molecule has 0 aromatic carbocycles. The van der Waals surface area contributed by atoms with Crippen LogP contribution in [0.4, 0.5) is 10.7 Å². The molecule has 0 amide bonds. The largest absolute Gasteiger partial charge is 0.374 e. The zero-order valence-corrected chi connectivity index (χ0v) is 13.5. The van der Waals surface area contributed by atoms with E-state index in [4.69, 9.17) is 0 Å². The molecule has 2 rings (SSSR count). The molecule has 0 spiro atoms. The smallest absolute Gasteiger partial charge is 0.304 e. The Hall–Kier alpha value is -1.23. The van der Waals surface area contributed by atoms with Crippen LogP contribution in [0.15, 0.2) is 10.3 Å².